The molecule has 2 aromatic carbocycles. The summed E-state index contributed by atoms with van der Waals surface area (Å²) in [6, 6.07) is 23.1. The predicted octanol–water partition coefficient (Wildman–Crippen LogP) is 8.15. The molecule has 2 aromatic heterocycles. The second-order valence-electron chi connectivity index (χ2n) is 6.23. The van der Waals surface area contributed by atoms with Crippen LogP contribution in [0.1, 0.15) is 22.9 Å². The van der Waals surface area contributed by atoms with Crippen molar-refractivity contribution in [1.29, 1.82) is 5.26 Å². The number of nitriles is 1. The van der Waals surface area contributed by atoms with E-state index in [9.17, 15) is 0 Å². The third-order valence-electron chi connectivity index (χ3n) is 4.02. The van der Waals surface area contributed by atoms with Crippen molar-refractivity contribution >= 4 is 62.3 Å². The maximum absolute atomic E-state index is 8.48. The molecule has 4 rings (SSSR count). The third kappa shape index (κ3) is 8.60. The van der Waals surface area contributed by atoms with Gasteiger partial charge in [-0.05, 0) is 64.5 Å². The summed E-state index contributed by atoms with van der Waals surface area (Å²) in [5.74, 6) is 0. The molecule has 33 heavy (non-hydrogen) atoms. The topological polar surface area (TPSA) is 75.6 Å². The average Bonchev–Trinajstić information content (AvgIpc) is 2.81. The van der Waals surface area contributed by atoms with E-state index >= 15 is 0 Å². The molecule has 9 heteroatoms. The van der Waals surface area contributed by atoms with Crippen LogP contribution >= 0.6 is 62.3 Å². The van der Waals surface area contributed by atoms with E-state index in [-0.39, 0.29) is 0 Å². The lowest BCUT2D eigenvalue weighted by Crippen LogP contribution is -2.14. The first-order valence-corrected chi connectivity index (χ1v) is 11.7. The van der Waals surface area contributed by atoms with Gasteiger partial charge in [-0.15, -0.1) is 0 Å². The van der Waals surface area contributed by atoms with Crippen LogP contribution in [0.3, 0.4) is 0 Å². The minimum atomic E-state index is -0.401. The molecule has 1 atom stereocenters. The Morgan fingerprint density at radius 2 is 1.24 bits per heavy atom. The Morgan fingerprint density at radius 1 is 0.727 bits per heavy atom. The zero-order valence-corrected chi connectivity index (χ0v) is 21.6. The van der Waals surface area contributed by atoms with E-state index < -0.39 is 6.04 Å². The molecule has 0 saturated heterocycles. The molecule has 0 fully saturated rings. The van der Waals surface area contributed by atoms with E-state index in [1.165, 1.54) is 0 Å². The fraction of sp³-hybridized carbons (Fsp3) is 0.0417. The highest BCUT2D eigenvalue weighted by molar-refractivity contribution is 9.10. The summed E-state index contributed by atoms with van der Waals surface area (Å²) in [6.45, 7) is 0. The number of halogens is 5. The fourth-order valence-electron chi connectivity index (χ4n) is 2.46. The molecule has 2 heterocycles. The Labute approximate surface area is 221 Å². The van der Waals surface area contributed by atoms with Crippen molar-refractivity contribution in [2.75, 3.05) is 0 Å². The number of nitrogens with two attached hydrogens (primary N) is 1. The summed E-state index contributed by atoms with van der Waals surface area (Å²) < 4.78 is 0.884. The maximum Gasteiger partial charge on any atom is 0.106 e. The lowest BCUT2D eigenvalue weighted by Gasteiger charge is -2.14. The van der Waals surface area contributed by atoms with Crippen molar-refractivity contribution in [1.82, 2.24) is 9.97 Å². The van der Waals surface area contributed by atoms with Gasteiger partial charge in [0.15, 0.2) is 0 Å². The van der Waals surface area contributed by atoms with E-state index in [2.05, 4.69) is 25.9 Å². The van der Waals surface area contributed by atoms with Gasteiger partial charge in [0.05, 0.1) is 27.3 Å². The molecule has 4 nitrogen and oxygen atoms in total. The molecule has 0 aliphatic heterocycles. The van der Waals surface area contributed by atoms with Crippen molar-refractivity contribution in [3.8, 4) is 6.07 Å². The Balaban J connectivity index is 0.000000193. The molecule has 0 amide bonds. The number of hydrogen-bond acceptors (Lipinski definition) is 4. The maximum atomic E-state index is 8.48. The first-order chi connectivity index (χ1) is 15.8. The van der Waals surface area contributed by atoms with Crippen molar-refractivity contribution in [3.05, 3.63) is 127 Å². The van der Waals surface area contributed by atoms with Crippen LogP contribution in [0.15, 0.2) is 89.8 Å². The van der Waals surface area contributed by atoms with Crippen LogP contribution in [0.4, 0.5) is 0 Å². The number of rotatable bonds is 2. The second-order valence-corrected chi connectivity index (χ2v) is 8.67. The molecule has 2 N–H and O–H groups in total. The minimum absolute atomic E-state index is 0.339. The van der Waals surface area contributed by atoms with Crippen LogP contribution in [-0.2, 0) is 0 Å². The Hall–Kier alpha value is -2.17. The molecule has 0 spiro atoms. The summed E-state index contributed by atoms with van der Waals surface area (Å²) in [5, 5.41) is 10.4. The average molecular weight is 583 g/mol. The summed E-state index contributed by atoms with van der Waals surface area (Å²) in [6.07, 6.45) is 3.43. The molecule has 0 aliphatic carbocycles. The summed E-state index contributed by atoms with van der Waals surface area (Å²) in [7, 11) is 0. The monoisotopic (exact) mass is 580 g/mol. The van der Waals surface area contributed by atoms with Gasteiger partial charge in [-0.25, -0.2) is 4.98 Å². The van der Waals surface area contributed by atoms with Gasteiger partial charge < -0.3 is 5.73 Å². The quantitative estimate of drug-likeness (QED) is 0.242. The first kappa shape index (κ1) is 27.1. The summed E-state index contributed by atoms with van der Waals surface area (Å²) in [4.78, 5) is 8.09. The zero-order valence-electron chi connectivity index (χ0n) is 17.0. The van der Waals surface area contributed by atoms with Gasteiger partial charge in [0.25, 0.3) is 0 Å². The zero-order chi connectivity index (χ0) is 24.2. The van der Waals surface area contributed by atoms with Crippen LogP contribution in [0.5, 0.6) is 0 Å². The lowest BCUT2D eigenvalue weighted by molar-refractivity contribution is 0.829. The molecule has 0 aliphatic rings. The summed E-state index contributed by atoms with van der Waals surface area (Å²) >= 11 is 26.6. The van der Waals surface area contributed by atoms with Crippen LogP contribution in [0, 0.1) is 11.3 Å². The van der Waals surface area contributed by atoms with Crippen molar-refractivity contribution in [3.63, 3.8) is 0 Å². The fourth-order valence-corrected chi connectivity index (χ4v) is 3.85. The summed E-state index contributed by atoms with van der Waals surface area (Å²) in [5.41, 5.74) is 7.89. The molecule has 0 bridgehead atoms. The highest BCUT2D eigenvalue weighted by atomic mass is 79.9. The smallest absolute Gasteiger partial charge is 0.106 e. The highest BCUT2D eigenvalue weighted by Gasteiger charge is 2.16. The Bertz CT molecular complexity index is 1160. The van der Waals surface area contributed by atoms with E-state index in [1.807, 2.05) is 42.5 Å². The van der Waals surface area contributed by atoms with Gasteiger partial charge in [0, 0.05) is 28.0 Å². The van der Waals surface area contributed by atoms with E-state index in [0.29, 0.717) is 31.2 Å². The molecule has 0 saturated carbocycles. The predicted molar refractivity (Wildman–Crippen MR) is 140 cm³/mol. The number of hydrogen-bond donors (Lipinski definition) is 1. The number of benzene rings is 2. The molecular weight excluding hydrogens is 566 g/mol. The minimum Gasteiger partial charge on any atom is -0.319 e. The molecule has 4 aromatic rings. The molecule has 1 unspecified atom stereocenters. The number of nitrogens with zero attached hydrogens (tertiary/aromatic N) is 3. The van der Waals surface area contributed by atoms with Gasteiger partial charge in [-0.2, -0.15) is 5.26 Å². The molecular formula is C24H17BrCl4N4. The SMILES string of the molecule is Brc1ccccn1.N#Cc1c(Cl)cccc1Cl.NC(c1ccccn1)c1c(Cl)cccc1Cl. The molecule has 168 valence electrons. The van der Waals surface area contributed by atoms with Gasteiger partial charge >= 0.3 is 0 Å². The van der Waals surface area contributed by atoms with Crippen molar-refractivity contribution < 1.29 is 0 Å². The van der Waals surface area contributed by atoms with Crippen LogP contribution in [0.2, 0.25) is 20.1 Å². The normalized spacial score (nSPS) is 10.6. The largest absolute Gasteiger partial charge is 0.319 e. The van der Waals surface area contributed by atoms with Crippen molar-refractivity contribution in [2.45, 2.75) is 6.04 Å². The lowest BCUT2D eigenvalue weighted by atomic mass is 10.0. The third-order valence-corrected chi connectivity index (χ3v) is 5.78. The van der Waals surface area contributed by atoms with E-state index in [4.69, 9.17) is 57.4 Å². The van der Waals surface area contributed by atoms with Crippen LogP contribution in [0.25, 0.3) is 0 Å². The van der Waals surface area contributed by atoms with E-state index in [1.54, 1.807) is 48.8 Å². The Morgan fingerprint density at radius 3 is 1.61 bits per heavy atom. The number of aromatic nitrogens is 2. The Kier molecular flexibility index (Phi) is 11.6. The second kappa shape index (κ2) is 14.2. The number of pyridine rings is 2. The highest BCUT2D eigenvalue weighted by Crippen LogP contribution is 2.31. The van der Waals surface area contributed by atoms with Gasteiger partial charge in [0.1, 0.15) is 10.7 Å². The van der Waals surface area contributed by atoms with Crippen LogP contribution < -0.4 is 5.73 Å². The van der Waals surface area contributed by atoms with Gasteiger partial charge in [-0.3, -0.25) is 4.98 Å². The first-order valence-electron chi connectivity index (χ1n) is 9.36. The van der Waals surface area contributed by atoms with Gasteiger partial charge in [-0.1, -0.05) is 70.7 Å². The van der Waals surface area contributed by atoms with Crippen LogP contribution in [-0.4, -0.2) is 9.97 Å². The standard InChI is InChI=1S/C12H10Cl2N2.C7H3Cl2N.C5H4BrN/c13-8-4-3-5-9(14)11(8)12(15)10-6-1-2-7-16-10;8-6-2-1-3-7(9)5(6)4-10;6-5-3-1-2-4-7-5/h1-7,12H,15H2;1-3H;1-4H. The van der Waals surface area contributed by atoms with E-state index in [0.717, 1.165) is 10.3 Å². The van der Waals surface area contributed by atoms with Crippen molar-refractivity contribution in [2.24, 2.45) is 5.73 Å². The van der Waals surface area contributed by atoms with Gasteiger partial charge in [0.2, 0.25) is 0 Å². The molecule has 0 radical (unpaired) electrons.